The molecule has 1 aromatic heterocycles. The summed E-state index contributed by atoms with van der Waals surface area (Å²) in [6.45, 7) is 0.566. The molecular weight excluding hydrogens is 214 g/mol. The minimum atomic E-state index is -0.123. The number of amides is 1. The van der Waals surface area contributed by atoms with Gasteiger partial charge in [-0.1, -0.05) is 30.3 Å². The van der Waals surface area contributed by atoms with E-state index in [1.54, 1.807) is 18.1 Å². The molecule has 0 spiro atoms. The monoisotopic (exact) mass is 227 g/mol. The lowest BCUT2D eigenvalue weighted by Crippen LogP contribution is -2.27. The Bertz CT molecular complexity index is 485. The molecule has 0 saturated carbocycles. The first kappa shape index (κ1) is 11.3. The predicted octanol–water partition coefficient (Wildman–Crippen LogP) is 1.75. The molecule has 0 fully saturated rings. The van der Waals surface area contributed by atoms with Crippen molar-refractivity contribution in [1.82, 2.24) is 14.9 Å². The number of carbonyl (C=O) groups is 1. The Morgan fingerprint density at radius 2 is 2.00 bits per heavy atom. The SMILES string of the molecule is CN(Cc1ccccc1)C(=O)c1cnccn1. The maximum absolute atomic E-state index is 12.0. The zero-order chi connectivity index (χ0) is 12.1. The van der Waals surface area contributed by atoms with Crippen LogP contribution in [0.4, 0.5) is 0 Å². The van der Waals surface area contributed by atoms with Crippen molar-refractivity contribution in [3.63, 3.8) is 0 Å². The Morgan fingerprint density at radius 1 is 1.24 bits per heavy atom. The van der Waals surface area contributed by atoms with Gasteiger partial charge in [-0.25, -0.2) is 4.98 Å². The highest BCUT2D eigenvalue weighted by Gasteiger charge is 2.12. The number of nitrogens with zero attached hydrogens (tertiary/aromatic N) is 3. The maximum atomic E-state index is 12.0. The minimum absolute atomic E-state index is 0.123. The van der Waals surface area contributed by atoms with Crippen LogP contribution in [0.25, 0.3) is 0 Å². The molecule has 86 valence electrons. The third-order valence-electron chi connectivity index (χ3n) is 2.39. The van der Waals surface area contributed by atoms with Crippen molar-refractivity contribution in [2.24, 2.45) is 0 Å². The van der Waals surface area contributed by atoms with Gasteiger partial charge in [-0.3, -0.25) is 9.78 Å². The molecule has 0 radical (unpaired) electrons. The van der Waals surface area contributed by atoms with Gasteiger partial charge in [0.2, 0.25) is 0 Å². The Kier molecular flexibility index (Phi) is 3.45. The average molecular weight is 227 g/mol. The number of carbonyl (C=O) groups excluding carboxylic acids is 1. The van der Waals surface area contributed by atoms with Gasteiger partial charge in [0.1, 0.15) is 5.69 Å². The molecule has 0 bridgehead atoms. The van der Waals surface area contributed by atoms with Crippen LogP contribution >= 0.6 is 0 Å². The van der Waals surface area contributed by atoms with Crippen LogP contribution in [0.3, 0.4) is 0 Å². The Morgan fingerprint density at radius 3 is 2.65 bits per heavy atom. The number of aromatic nitrogens is 2. The summed E-state index contributed by atoms with van der Waals surface area (Å²) in [7, 11) is 1.75. The van der Waals surface area contributed by atoms with Crippen molar-refractivity contribution in [1.29, 1.82) is 0 Å². The van der Waals surface area contributed by atoms with Crippen LogP contribution in [-0.2, 0) is 6.54 Å². The quantitative estimate of drug-likeness (QED) is 0.802. The smallest absolute Gasteiger partial charge is 0.274 e. The largest absolute Gasteiger partial charge is 0.336 e. The normalized spacial score (nSPS) is 9.94. The lowest BCUT2D eigenvalue weighted by atomic mass is 10.2. The van der Waals surface area contributed by atoms with Gasteiger partial charge in [0.05, 0.1) is 6.20 Å². The van der Waals surface area contributed by atoms with Crippen LogP contribution in [0.15, 0.2) is 48.9 Å². The van der Waals surface area contributed by atoms with E-state index in [-0.39, 0.29) is 5.91 Å². The molecule has 0 aliphatic rings. The van der Waals surface area contributed by atoms with Crippen LogP contribution in [0.1, 0.15) is 16.1 Å². The number of benzene rings is 1. The highest BCUT2D eigenvalue weighted by Crippen LogP contribution is 2.05. The molecule has 0 saturated heterocycles. The zero-order valence-electron chi connectivity index (χ0n) is 9.58. The Balaban J connectivity index is 2.06. The second-order valence-electron chi connectivity index (χ2n) is 3.74. The van der Waals surface area contributed by atoms with E-state index in [0.717, 1.165) is 5.56 Å². The van der Waals surface area contributed by atoms with E-state index in [0.29, 0.717) is 12.2 Å². The number of rotatable bonds is 3. The molecule has 1 heterocycles. The molecule has 2 aromatic rings. The summed E-state index contributed by atoms with van der Waals surface area (Å²) >= 11 is 0. The average Bonchev–Trinajstić information content (AvgIpc) is 2.40. The Labute approximate surface area is 99.9 Å². The fourth-order valence-corrected chi connectivity index (χ4v) is 1.53. The fraction of sp³-hybridized carbons (Fsp3) is 0.154. The topological polar surface area (TPSA) is 46.1 Å². The fourth-order valence-electron chi connectivity index (χ4n) is 1.53. The minimum Gasteiger partial charge on any atom is -0.336 e. The molecule has 4 heteroatoms. The molecule has 0 atom stereocenters. The van der Waals surface area contributed by atoms with Crippen molar-refractivity contribution in [3.05, 3.63) is 60.2 Å². The van der Waals surface area contributed by atoms with Gasteiger partial charge in [0.15, 0.2) is 0 Å². The van der Waals surface area contributed by atoms with Crippen LogP contribution in [0, 0.1) is 0 Å². The molecule has 0 unspecified atom stereocenters. The summed E-state index contributed by atoms with van der Waals surface area (Å²) in [6, 6.07) is 9.83. The standard InChI is InChI=1S/C13H13N3O/c1-16(10-11-5-3-2-4-6-11)13(17)12-9-14-7-8-15-12/h2-9H,10H2,1H3. The predicted molar refractivity (Wildman–Crippen MR) is 64.3 cm³/mol. The molecule has 0 aliphatic heterocycles. The zero-order valence-corrected chi connectivity index (χ0v) is 9.58. The number of hydrogen-bond donors (Lipinski definition) is 0. The summed E-state index contributed by atoms with van der Waals surface area (Å²) in [5.41, 5.74) is 1.46. The summed E-state index contributed by atoms with van der Waals surface area (Å²) in [5, 5.41) is 0. The van der Waals surface area contributed by atoms with E-state index >= 15 is 0 Å². The molecule has 0 aliphatic carbocycles. The van der Waals surface area contributed by atoms with Gasteiger partial charge >= 0.3 is 0 Å². The van der Waals surface area contributed by atoms with E-state index in [1.807, 2.05) is 30.3 Å². The molecule has 1 amide bonds. The first-order chi connectivity index (χ1) is 8.27. The molecule has 2 rings (SSSR count). The van der Waals surface area contributed by atoms with Crippen molar-refractivity contribution in [3.8, 4) is 0 Å². The van der Waals surface area contributed by atoms with E-state index in [1.165, 1.54) is 12.4 Å². The summed E-state index contributed by atoms with van der Waals surface area (Å²) in [6.07, 6.45) is 4.54. The van der Waals surface area contributed by atoms with Crippen molar-refractivity contribution in [2.75, 3.05) is 7.05 Å². The highest BCUT2D eigenvalue weighted by molar-refractivity contribution is 5.91. The van der Waals surface area contributed by atoms with Gasteiger partial charge in [0, 0.05) is 26.0 Å². The Hall–Kier alpha value is -2.23. The van der Waals surface area contributed by atoms with E-state index in [4.69, 9.17) is 0 Å². The van der Waals surface area contributed by atoms with Crippen LogP contribution in [0.5, 0.6) is 0 Å². The van der Waals surface area contributed by atoms with Gasteiger partial charge < -0.3 is 4.90 Å². The van der Waals surface area contributed by atoms with Crippen molar-refractivity contribution in [2.45, 2.75) is 6.54 Å². The highest BCUT2D eigenvalue weighted by atomic mass is 16.2. The second-order valence-corrected chi connectivity index (χ2v) is 3.74. The molecule has 0 N–H and O–H groups in total. The first-order valence-electron chi connectivity index (χ1n) is 5.33. The second kappa shape index (κ2) is 5.21. The summed E-state index contributed by atoms with van der Waals surface area (Å²) in [5.74, 6) is -0.123. The summed E-state index contributed by atoms with van der Waals surface area (Å²) in [4.78, 5) is 21.5. The van der Waals surface area contributed by atoms with Crippen molar-refractivity contribution < 1.29 is 4.79 Å². The maximum Gasteiger partial charge on any atom is 0.274 e. The molecular formula is C13H13N3O. The third-order valence-corrected chi connectivity index (χ3v) is 2.39. The molecule has 4 nitrogen and oxygen atoms in total. The number of hydrogen-bond acceptors (Lipinski definition) is 3. The van der Waals surface area contributed by atoms with Gasteiger partial charge in [0.25, 0.3) is 5.91 Å². The lowest BCUT2D eigenvalue weighted by molar-refractivity contribution is 0.0779. The van der Waals surface area contributed by atoms with Crippen molar-refractivity contribution >= 4 is 5.91 Å². The molecule has 1 aromatic carbocycles. The van der Waals surface area contributed by atoms with Gasteiger partial charge in [-0.05, 0) is 5.56 Å². The van der Waals surface area contributed by atoms with Gasteiger partial charge in [-0.15, -0.1) is 0 Å². The van der Waals surface area contributed by atoms with E-state index in [9.17, 15) is 4.79 Å². The van der Waals surface area contributed by atoms with Crippen LogP contribution in [0.2, 0.25) is 0 Å². The molecule has 17 heavy (non-hydrogen) atoms. The van der Waals surface area contributed by atoms with E-state index < -0.39 is 0 Å². The lowest BCUT2D eigenvalue weighted by Gasteiger charge is -2.16. The van der Waals surface area contributed by atoms with Crippen LogP contribution < -0.4 is 0 Å². The first-order valence-corrected chi connectivity index (χ1v) is 5.33. The van der Waals surface area contributed by atoms with Gasteiger partial charge in [-0.2, -0.15) is 0 Å². The third kappa shape index (κ3) is 2.87. The van der Waals surface area contributed by atoms with E-state index in [2.05, 4.69) is 9.97 Å². The summed E-state index contributed by atoms with van der Waals surface area (Å²) < 4.78 is 0. The van der Waals surface area contributed by atoms with Crippen LogP contribution in [-0.4, -0.2) is 27.8 Å².